The number of hydrogen-bond acceptors (Lipinski definition) is 4. The average molecular weight is 405 g/mol. The molecule has 0 fully saturated rings. The van der Waals surface area contributed by atoms with Crippen LogP contribution in [-0.2, 0) is 4.79 Å². The van der Waals surface area contributed by atoms with Gasteiger partial charge in [0.15, 0.2) is 5.16 Å². The van der Waals surface area contributed by atoms with Crippen LogP contribution in [-0.4, -0.2) is 32.7 Å². The fourth-order valence-electron chi connectivity index (χ4n) is 3.31. The molecule has 0 bridgehead atoms. The van der Waals surface area contributed by atoms with Gasteiger partial charge in [0, 0.05) is 18.9 Å². The Labute approximate surface area is 176 Å². The van der Waals surface area contributed by atoms with Gasteiger partial charge < -0.3 is 4.90 Å². The van der Waals surface area contributed by atoms with E-state index in [0.717, 1.165) is 22.0 Å². The van der Waals surface area contributed by atoms with E-state index in [9.17, 15) is 4.79 Å². The minimum Gasteiger partial charge on any atom is -0.335 e. The van der Waals surface area contributed by atoms with Crippen molar-refractivity contribution in [3.05, 3.63) is 77.6 Å². The quantitative estimate of drug-likeness (QED) is 0.533. The Hall–Kier alpha value is -3.04. The molecule has 0 aliphatic heterocycles. The largest absolute Gasteiger partial charge is 0.335 e. The zero-order chi connectivity index (χ0) is 20.8. The van der Waals surface area contributed by atoms with Crippen LogP contribution in [0, 0.1) is 18.3 Å². The molecule has 3 aromatic rings. The Kier molecular flexibility index (Phi) is 6.73. The summed E-state index contributed by atoms with van der Waals surface area (Å²) in [5, 5.41) is 9.77. The standard InChI is InChI=1S/C23H24N4OS/c1-4-26(18(3)20-11-9-19(15-24)10-12-20)22(28)16-29-23-25-13-14-27(23)21-8-6-5-7-17(21)2/h5-14,18H,4,16H2,1-3H3. The van der Waals surface area contributed by atoms with E-state index < -0.39 is 0 Å². The summed E-state index contributed by atoms with van der Waals surface area (Å²) in [6, 6.07) is 17.6. The molecule has 5 nitrogen and oxygen atoms in total. The molecule has 0 saturated heterocycles. The highest BCUT2D eigenvalue weighted by Gasteiger charge is 2.21. The van der Waals surface area contributed by atoms with Gasteiger partial charge in [-0.2, -0.15) is 5.26 Å². The summed E-state index contributed by atoms with van der Waals surface area (Å²) in [4.78, 5) is 19.2. The van der Waals surface area contributed by atoms with Crippen LogP contribution in [0.4, 0.5) is 0 Å². The minimum atomic E-state index is -0.0584. The number of hydrogen-bond donors (Lipinski definition) is 0. The maximum Gasteiger partial charge on any atom is 0.233 e. The number of carbonyl (C=O) groups is 1. The van der Waals surface area contributed by atoms with E-state index in [-0.39, 0.29) is 11.9 Å². The smallest absolute Gasteiger partial charge is 0.233 e. The second-order valence-corrected chi connectivity index (χ2v) is 7.69. The number of thioether (sulfide) groups is 1. The van der Waals surface area contributed by atoms with Gasteiger partial charge in [0.25, 0.3) is 0 Å². The van der Waals surface area contributed by atoms with E-state index >= 15 is 0 Å². The molecule has 6 heteroatoms. The van der Waals surface area contributed by atoms with E-state index in [1.165, 1.54) is 11.8 Å². The molecule has 3 rings (SSSR count). The highest BCUT2D eigenvalue weighted by molar-refractivity contribution is 7.99. The number of nitrogens with zero attached hydrogens (tertiary/aromatic N) is 4. The summed E-state index contributed by atoms with van der Waals surface area (Å²) >= 11 is 1.45. The van der Waals surface area contributed by atoms with Crippen LogP contribution in [0.25, 0.3) is 5.69 Å². The van der Waals surface area contributed by atoms with Crippen molar-refractivity contribution < 1.29 is 4.79 Å². The van der Waals surface area contributed by atoms with Gasteiger partial charge >= 0.3 is 0 Å². The number of carbonyl (C=O) groups excluding carboxylic acids is 1. The average Bonchev–Trinajstić information content (AvgIpc) is 3.21. The zero-order valence-electron chi connectivity index (χ0n) is 16.9. The minimum absolute atomic E-state index is 0.0584. The number of benzene rings is 2. The van der Waals surface area contributed by atoms with Gasteiger partial charge in [-0.05, 0) is 50.1 Å². The highest BCUT2D eigenvalue weighted by atomic mass is 32.2. The van der Waals surface area contributed by atoms with E-state index in [4.69, 9.17) is 5.26 Å². The first-order valence-corrected chi connectivity index (χ1v) is 10.6. The second-order valence-electron chi connectivity index (χ2n) is 6.74. The molecule has 148 valence electrons. The summed E-state index contributed by atoms with van der Waals surface area (Å²) in [5.74, 6) is 0.380. The van der Waals surface area contributed by atoms with Crippen LogP contribution in [0.5, 0.6) is 0 Å². The zero-order valence-corrected chi connectivity index (χ0v) is 17.7. The number of aryl methyl sites for hydroxylation is 1. The molecule has 0 aliphatic carbocycles. The van der Waals surface area contributed by atoms with Crippen molar-refractivity contribution in [3.8, 4) is 11.8 Å². The molecule has 1 aromatic heterocycles. The van der Waals surface area contributed by atoms with Crippen LogP contribution in [0.1, 0.15) is 36.6 Å². The molecular formula is C23H24N4OS. The normalized spacial score (nSPS) is 11.7. The number of aromatic nitrogens is 2. The summed E-state index contributed by atoms with van der Waals surface area (Å²) in [5.41, 5.74) is 3.86. The predicted molar refractivity (Wildman–Crippen MR) is 116 cm³/mol. The van der Waals surface area contributed by atoms with Gasteiger partial charge in [-0.25, -0.2) is 4.98 Å². The molecular weight excluding hydrogens is 380 g/mol. The van der Waals surface area contributed by atoms with Crippen LogP contribution in [0.2, 0.25) is 0 Å². The van der Waals surface area contributed by atoms with E-state index in [1.807, 2.05) is 59.8 Å². The fourth-order valence-corrected chi connectivity index (χ4v) is 4.16. The van der Waals surface area contributed by atoms with Gasteiger partial charge in [0.2, 0.25) is 5.91 Å². The third-order valence-corrected chi connectivity index (χ3v) is 5.91. The third-order valence-electron chi connectivity index (χ3n) is 4.96. The van der Waals surface area contributed by atoms with Crippen molar-refractivity contribution in [1.29, 1.82) is 5.26 Å². The molecule has 0 aliphatic rings. The highest BCUT2D eigenvalue weighted by Crippen LogP contribution is 2.25. The molecule has 1 atom stereocenters. The van der Waals surface area contributed by atoms with E-state index in [1.54, 1.807) is 18.3 Å². The number of para-hydroxylation sites is 1. The maximum absolute atomic E-state index is 12.9. The molecule has 0 N–H and O–H groups in total. The molecule has 29 heavy (non-hydrogen) atoms. The Bertz CT molecular complexity index is 1020. The maximum atomic E-state index is 12.9. The van der Waals surface area contributed by atoms with Crippen molar-refractivity contribution in [1.82, 2.24) is 14.5 Å². The monoisotopic (exact) mass is 404 g/mol. The van der Waals surface area contributed by atoms with Crippen molar-refractivity contribution in [2.75, 3.05) is 12.3 Å². The molecule has 0 saturated carbocycles. The predicted octanol–water partition coefficient (Wildman–Crippen LogP) is 4.75. The Morgan fingerprint density at radius 3 is 2.62 bits per heavy atom. The summed E-state index contributed by atoms with van der Waals surface area (Å²) < 4.78 is 2.02. The third kappa shape index (κ3) is 4.69. The van der Waals surface area contributed by atoms with Gasteiger partial charge in [-0.3, -0.25) is 9.36 Å². The van der Waals surface area contributed by atoms with Crippen molar-refractivity contribution in [2.45, 2.75) is 32.0 Å². The first-order valence-electron chi connectivity index (χ1n) is 9.56. The summed E-state index contributed by atoms with van der Waals surface area (Å²) in [6.45, 7) is 6.68. The van der Waals surface area contributed by atoms with Crippen molar-refractivity contribution >= 4 is 17.7 Å². The van der Waals surface area contributed by atoms with Crippen molar-refractivity contribution in [2.24, 2.45) is 0 Å². The first-order chi connectivity index (χ1) is 14.0. The second kappa shape index (κ2) is 9.44. The lowest BCUT2D eigenvalue weighted by Gasteiger charge is -2.28. The lowest BCUT2D eigenvalue weighted by molar-refractivity contribution is -0.130. The van der Waals surface area contributed by atoms with Crippen molar-refractivity contribution in [3.63, 3.8) is 0 Å². The molecule has 0 radical (unpaired) electrons. The SMILES string of the molecule is CCN(C(=O)CSc1nccn1-c1ccccc1C)C(C)c1ccc(C#N)cc1. The Morgan fingerprint density at radius 1 is 1.24 bits per heavy atom. The van der Waals surface area contributed by atoms with Crippen LogP contribution >= 0.6 is 11.8 Å². The Morgan fingerprint density at radius 2 is 1.97 bits per heavy atom. The molecule has 1 unspecified atom stereocenters. The first kappa shape index (κ1) is 20.7. The molecule has 1 amide bonds. The summed E-state index contributed by atoms with van der Waals surface area (Å²) in [6.07, 6.45) is 3.68. The number of rotatable bonds is 7. The van der Waals surface area contributed by atoms with Gasteiger partial charge in [-0.15, -0.1) is 0 Å². The topological polar surface area (TPSA) is 61.9 Å². The lowest BCUT2D eigenvalue weighted by Crippen LogP contribution is -2.34. The van der Waals surface area contributed by atoms with Gasteiger partial charge in [0.05, 0.1) is 29.1 Å². The van der Waals surface area contributed by atoms with E-state index in [0.29, 0.717) is 17.9 Å². The van der Waals surface area contributed by atoms with Gasteiger partial charge in [0.1, 0.15) is 0 Å². The number of imidazole rings is 1. The number of amides is 1. The van der Waals surface area contributed by atoms with Crippen LogP contribution in [0.15, 0.2) is 66.1 Å². The van der Waals surface area contributed by atoms with Gasteiger partial charge in [-0.1, -0.05) is 42.1 Å². The molecule has 2 aromatic carbocycles. The molecule has 0 spiro atoms. The van der Waals surface area contributed by atoms with Crippen LogP contribution in [0.3, 0.4) is 0 Å². The van der Waals surface area contributed by atoms with E-state index in [2.05, 4.69) is 24.0 Å². The lowest BCUT2D eigenvalue weighted by atomic mass is 10.1. The molecule has 1 heterocycles. The summed E-state index contributed by atoms with van der Waals surface area (Å²) in [7, 11) is 0. The van der Waals surface area contributed by atoms with Crippen LogP contribution < -0.4 is 0 Å². The number of nitriles is 1. The fraction of sp³-hybridized carbons (Fsp3) is 0.261. The Balaban J connectivity index is 1.70.